The van der Waals surface area contributed by atoms with Gasteiger partial charge in [-0.05, 0) is 31.4 Å². The molecule has 0 N–H and O–H groups in total. The molecule has 0 bridgehead atoms. The number of para-hydroxylation sites is 1. The van der Waals surface area contributed by atoms with Crippen molar-refractivity contribution in [3.05, 3.63) is 65.7 Å². The Morgan fingerprint density at radius 3 is 1.97 bits per heavy atom. The largest absolute Gasteiger partial charge is 0.493 e. The Hall–Kier alpha value is -2.33. The van der Waals surface area contributed by atoms with Gasteiger partial charge >= 0.3 is 5.97 Å². The van der Waals surface area contributed by atoms with Gasteiger partial charge in [0.15, 0.2) is 6.04 Å². The van der Waals surface area contributed by atoms with Crippen LogP contribution in [0.2, 0.25) is 0 Å². The van der Waals surface area contributed by atoms with E-state index in [4.69, 9.17) is 9.47 Å². The van der Waals surface area contributed by atoms with Crippen molar-refractivity contribution in [3.8, 4) is 5.75 Å². The normalized spacial score (nSPS) is 12.3. The van der Waals surface area contributed by atoms with E-state index >= 15 is 0 Å². The highest BCUT2D eigenvalue weighted by Gasteiger charge is 2.32. The SMILES string of the molecule is CCCCCCCCCCCCCc1ccccc1OCCCOC(=O)C(C)[N+](C)(C)Cc1ccccc1. The van der Waals surface area contributed by atoms with Crippen molar-refractivity contribution in [2.45, 2.75) is 110 Å². The third kappa shape index (κ3) is 13.0. The Morgan fingerprint density at radius 1 is 0.737 bits per heavy atom. The van der Waals surface area contributed by atoms with E-state index in [1.165, 1.54) is 81.8 Å². The number of rotatable bonds is 21. The van der Waals surface area contributed by atoms with Crippen LogP contribution in [0.25, 0.3) is 0 Å². The molecule has 0 amide bonds. The van der Waals surface area contributed by atoms with Crippen molar-refractivity contribution in [3.63, 3.8) is 0 Å². The molecule has 1 atom stereocenters. The lowest BCUT2D eigenvalue weighted by Gasteiger charge is -2.34. The smallest absolute Gasteiger partial charge is 0.364 e. The van der Waals surface area contributed by atoms with Crippen LogP contribution in [0.15, 0.2) is 54.6 Å². The highest BCUT2D eigenvalue weighted by atomic mass is 16.5. The first kappa shape index (κ1) is 31.9. The minimum absolute atomic E-state index is 0.150. The van der Waals surface area contributed by atoms with E-state index in [1.807, 2.05) is 31.2 Å². The van der Waals surface area contributed by atoms with Gasteiger partial charge in [0.1, 0.15) is 12.3 Å². The van der Waals surface area contributed by atoms with Gasteiger partial charge in [0.05, 0.1) is 27.3 Å². The second-order valence-corrected chi connectivity index (χ2v) is 11.4. The Balaban J connectivity index is 1.59. The molecule has 0 aromatic heterocycles. The summed E-state index contributed by atoms with van der Waals surface area (Å²) >= 11 is 0. The van der Waals surface area contributed by atoms with Gasteiger partial charge in [-0.15, -0.1) is 0 Å². The number of unbranched alkanes of at least 4 members (excludes halogenated alkanes) is 10. The van der Waals surface area contributed by atoms with E-state index in [1.54, 1.807) is 0 Å². The van der Waals surface area contributed by atoms with Crippen LogP contribution in [-0.4, -0.2) is 43.8 Å². The first-order valence-electron chi connectivity index (χ1n) is 15.2. The number of aryl methyl sites for hydroxylation is 1. The molecular weight excluding hydrogens is 470 g/mol. The molecule has 4 heteroatoms. The van der Waals surface area contributed by atoms with Gasteiger partial charge in [-0.1, -0.05) is 120 Å². The van der Waals surface area contributed by atoms with Crippen LogP contribution in [0.4, 0.5) is 0 Å². The number of esters is 1. The molecule has 0 aliphatic carbocycles. The number of carbonyl (C=O) groups is 1. The van der Waals surface area contributed by atoms with Crippen LogP contribution in [0.1, 0.15) is 102 Å². The molecular formula is C34H54NO3+. The predicted molar refractivity (Wildman–Crippen MR) is 159 cm³/mol. The maximum Gasteiger partial charge on any atom is 0.364 e. The molecule has 2 aromatic rings. The van der Waals surface area contributed by atoms with E-state index in [0.717, 1.165) is 18.7 Å². The summed E-state index contributed by atoms with van der Waals surface area (Å²) in [5.74, 6) is 0.822. The number of ether oxygens (including phenoxy) is 2. The van der Waals surface area contributed by atoms with E-state index < -0.39 is 0 Å². The maximum absolute atomic E-state index is 12.7. The Kier molecular flexibility index (Phi) is 15.8. The van der Waals surface area contributed by atoms with Crippen molar-refractivity contribution in [1.82, 2.24) is 0 Å². The maximum atomic E-state index is 12.7. The number of likely N-dealkylation sites (N-methyl/N-ethyl adjacent to an activating group) is 1. The fourth-order valence-electron chi connectivity index (χ4n) is 4.84. The van der Waals surface area contributed by atoms with E-state index in [0.29, 0.717) is 24.1 Å². The average Bonchev–Trinajstić information content (AvgIpc) is 2.92. The van der Waals surface area contributed by atoms with Crippen LogP contribution in [0, 0.1) is 0 Å². The molecule has 0 saturated heterocycles. The standard InChI is InChI=1S/C34H54NO3/c1-5-6-7-8-9-10-11-12-13-14-18-24-32-25-19-20-26-33(32)37-27-21-28-38-34(36)30(2)35(3,4)29-31-22-16-15-17-23-31/h15-17,19-20,22-23,25-26,30H,5-14,18,21,24,27-29H2,1-4H3/q+1. The number of nitrogens with zero attached hydrogens (tertiary/aromatic N) is 1. The minimum atomic E-state index is -0.234. The summed E-state index contributed by atoms with van der Waals surface area (Å²) in [5, 5.41) is 0. The first-order valence-corrected chi connectivity index (χ1v) is 15.2. The number of benzene rings is 2. The summed E-state index contributed by atoms with van der Waals surface area (Å²) in [4.78, 5) is 12.7. The molecule has 0 spiro atoms. The van der Waals surface area contributed by atoms with Gasteiger partial charge < -0.3 is 14.0 Å². The summed E-state index contributed by atoms with van der Waals surface area (Å²) in [6, 6.07) is 18.4. The van der Waals surface area contributed by atoms with Crippen LogP contribution < -0.4 is 4.74 Å². The van der Waals surface area contributed by atoms with Gasteiger partial charge in [-0.25, -0.2) is 4.79 Å². The van der Waals surface area contributed by atoms with Gasteiger partial charge in [0.25, 0.3) is 0 Å². The molecule has 0 aliphatic rings. The average molecular weight is 525 g/mol. The highest BCUT2D eigenvalue weighted by molar-refractivity contribution is 5.74. The molecule has 0 aliphatic heterocycles. The minimum Gasteiger partial charge on any atom is -0.493 e. The van der Waals surface area contributed by atoms with Crippen molar-refractivity contribution < 1.29 is 18.8 Å². The molecule has 2 rings (SSSR count). The van der Waals surface area contributed by atoms with Crippen molar-refractivity contribution in [2.75, 3.05) is 27.3 Å². The zero-order valence-electron chi connectivity index (χ0n) is 24.8. The molecule has 38 heavy (non-hydrogen) atoms. The number of hydrogen-bond acceptors (Lipinski definition) is 3. The lowest BCUT2D eigenvalue weighted by molar-refractivity contribution is -0.917. The topological polar surface area (TPSA) is 35.5 Å². The number of carbonyl (C=O) groups excluding carboxylic acids is 1. The zero-order chi connectivity index (χ0) is 27.5. The van der Waals surface area contributed by atoms with Gasteiger partial charge in [-0.2, -0.15) is 0 Å². The van der Waals surface area contributed by atoms with Crippen molar-refractivity contribution in [1.29, 1.82) is 0 Å². The van der Waals surface area contributed by atoms with E-state index in [9.17, 15) is 4.79 Å². The zero-order valence-corrected chi connectivity index (χ0v) is 24.8. The lowest BCUT2D eigenvalue weighted by atomic mass is 10.0. The summed E-state index contributed by atoms with van der Waals surface area (Å²) in [6.45, 7) is 5.96. The quantitative estimate of drug-likeness (QED) is 0.0932. The monoisotopic (exact) mass is 524 g/mol. The Morgan fingerprint density at radius 2 is 1.32 bits per heavy atom. The van der Waals surface area contributed by atoms with Crippen molar-refractivity contribution >= 4 is 5.97 Å². The van der Waals surface area contributed by atoms with Crippen LogP contribution in [0.3, 0.4) is 0 Å². The summed E-state index contributed by atoms with van der Waals surface area (Å²) < 4.78 is 12.2. The van der Waals surface area contributed by atoms with Gasteiger partial charge in [0, 0.05) is 12.0 Å². The fourth-order valence-corrected chi connectivity index (χ4v) is 4.84. The van der Waals surface area contributed by atoms with Gasteiger partial charge in [0.2, 0.25) is 0 Å². The highest BCUT2D eigenvalue weighted by Crippen LogP contribution is 2.21. The molecule has 0 fully saturated rings. The summed E-state index contributed by atoms with van der Waals surface area (Å²) in [7, 11) is 4.16. The van der Waals surface area contributed by atoms with Crippen LogP contribution >= 0.6 is 0 Å². The Bertz CT molecular complexity index is 880. The first-order chi connectivity index (χ1) is 18.4. The predicted octanol–water partition coefficient (Wildman–Crippen LogP) is 8.52. The third-order valence-electron chi connectivity index (χ3n) is 7.64. The van der Waals surface area contributed by atoms with Crippen LogP contribution in [-0.2, 0) is 22.5 Å². The fraction of sp³-hybridized carbons (Fsp3) is 0.618. The van der Waals surface area contributed by atoms with E-state index in [-0.39, 0.29) is 12.0 Å². The molecule has 4 nitrogen and oxygen atoms in total. The second kappa shape index (κ2) is 18.8. The molecule has 212 valence electrons. The summed E-state index contributed by atoms with van der Waals surface area (Å²) in [5.41, 5.74) is 2.51. The molecule has 0 saturated carbocycles. The van der Waals surface area contributed by atoms with E-state index in [2.05, 4.69) is 51.4 Å². The summed E-state index contributed by atoms with van der Waals surface area (Å²) in [6.07, 6.45) is 16.7. The van der Waals surface area contributed by atoms with Gasteiger partial charge in [-0.3, -0.25) is 0 Å². The second-order valence-electron chi connectivity index (χ2n) is 11.4. The molecule has 2 aromatic carbocycles. The molecule has 0 radical (unpaired) electrons. The third-order valence-corrected chi connectivity index (χ3v) is 7.64. The molecule has 0 heterocycles. The van der Waals surface area contributed by atoms with Crippen LogP contribution in [0.5, 0.6) is 5.75 Å². The lowest BCUT2D eigenvalue weighted by Crippen LogP contribution is -2.51. The Labute approximate surface area is 233 Å². The van der Waals surface area contributed by atoms with Crippen molar-refractivity contribution in [2.24, 2.45) is 0 Å². The number of hydrogen-bond donors (Lipinski definition) is 0. The molecule has 1 unspecified atom stereocenters. The number of quaternary nitrogens is 1.